The standard InChI is InChI=1S/C14H19NO5S/c1-10(2)15(9-8-13(16)17)14(18)11-4-6-12(7-5-11)21(3,19)20/h4-7,10H,8-9H2,1-3H3,(H,16,17). The molecule has 0 saturated carbocycles. The van der Waals surface area contributed by atoms with Crippen LogP contribution in [-0.4, -0.2) is 49.1 Å². The molecular formula is C14H19NO5S. The number of carbonyl (C=O) groups is 2. The summed E-state index contributed by atoms with van der Waals surface area (Å²) < 4.78 is 22.7. The average molecular weight is 313 g/mol. The topological polar surface area (TPSA) is 91.8 Å². The second-order valence-corrected chi connectivity index (χ2v) is 7.05. The molecule has 0 spiro atoms. The predicted molar refractivity (Wildman–Crippen MR) is 78.0 cm³/mol. The van der Waals surface area contributed by atoms with Crippen LogP contribution in [0.3, 0.4) is 0 Å². The molecule has 0 radical (unpaired) electrons. The summed E-state index contributed by atoms with van der Waals surface area (Å²) in [6.45, 7) is 3.70. The van der Waals surface area contributed by atoms with Gasteiger partial charge in [-0.2, -0.15) is 0 Å². The smallest absolute Gasteiger partial charge is 0.305 e. The van der Waals surface area contributed by atoms with Crippen LogP contribution in [0.15, 0.2) is 29.2 Å². The molecule has 0 aromatic heterocycles. The van der Waals surface area contributed by atoms with E-state index in [1.54, 1.807) is 13.8 Å². The summed E-state index contributed by atoms with van der Waals surface area (Å²) in [6, 6.07) is 5.48. The van der Waals surface area contributed by atoms with Gasteiger partial charge in [-0.3, -0.25) is 9.59 Å². The van der Waals surface area contributed by atoms with Crippen LogP contribution in [0, 0.1) is 0 Å². The molecule has 0 unspecified atom stereocenters. The maximum atomic E-state index is 12.3. The lowest BCUT2D eigenvalue weighted by molar-refractivity contribution is -0.137. The second-order valence-electron chi connectivity index (χ2n) is 5.03. The minimum Gasteiger partial charge on any atom is -0.481 e. The highest BCUT2D eigenvalue weighted by Crippen LogP contribution is 2.14. The maximum Gasteiger partial charge on any atom is 0.305 e. The monoisotopic (exact) mass is 313 g/mol. The number of benzene rings is 1. The van der Waals surface area contributed by atoms with Crippen LogP contribution in [0.25, 0.3) is 0 Å². The van der Waals surface area contributed by atoms with Crippen LogP contribution in [-0.2, 0) is 14.6 Å². The molecule has 1 rings (SSSR count). The third kappa shape index (κ3) is 4.86. The van der Waals surface area contributed by atoms with Crippen molar-refractivity contribution in [3.8, 4) is 0 Å². The number of aliphatic carboxylic acids is 1. The Morgan fingerprint density at radius 1 is 1.19 bits per heavy atom. The fourth-order valence-electron chi connectivity index (χ4n) is 1.82. The van der Waals surface area contributed by atoms with Crippen molar-refractivity contribution in [3.05, 3.63) is 29.8 Å². The fourth-order valence-corrected chi connectivity index (χ4v) is 2.45. The Morgan fingerprint density at radius 2 is 1.71 bits per heavy atom. The van der Waals surface area contributed by atoms with E-state index in [4.69, 9.17) is 5.11 Å². The van der Waals surface area contributed by atoms with Crippen molar-refractivity contribution in [2.45, 2.75) is 31.2 Å². The minimum absolute atomic E-state index is 0.111. The van der Waals surface area contributed by atoms with Crippen LogP contribution in [0.2, 0.25) is 0 Å². The van der Waals surface area contributed by atoms with Gasteiger partial charge >= 0.3 is 5.97 Å². The molecular weight excluding hydrogens is 294 g/mol. The van der Waals surface area contributed by atoms with Gasteiger partial charge in [0.25, 0.3) is 5.91 Å². The summed E-state index contributed by atoms with van der Waals surface area (Å²) >= 11 is 0. The van der Waals surface area contributed by atoms with Gasteiger partial charge < -0.3 is 10.0 Å². The summed E-state index contributed by atoms with van der Waals surface area (Å²) in [6.07, 6.45) is 0.961. The molecule has 1 aromatic carbocycles. The van der Waals surface area contributed by atoms with E-state index in [2.05, 4.69) is 0 Å². The summed E-state index contributed by atoms with van der Waals surface area (Å²) in [5, 5.41) is 8.72. The predicted octanol–water partition coefficient (Wildman–Crippen LogP) is 1.42. The van der Waals surface area contributed by atoms with Crippen molar-refractivity contribution in [1.82, 2.24) is 4.90 Å². The van der Waals surface area contributed by atoms with Gasteiger partial charge in [0.05, 0.1) is 11.3 Å². The Morgan fingerprint density at radius 3 is 2.10 bits per heavy atom. The lowest BCUT2D eigenvalue weighted by Crippen LogP contribution is -2.38. The van der Waals surface area contributed by atoms with Crippen molar-refractivity contribution in [2.75, 3.05) is 12.8 Å². The van der Waals surface area contributed by atoms with E-state index in [9.17, 15) is 18.0 Å². The lowest BCUT2D eigenvalue weighted by atomic mass is 10.1. The number of nitrogens with zero attached hydrogens (tertiary/aromatic N) is 1. The molecule has 7 heteroatoms. The molecule has 0 atom stereocenters. The first-order valence-corrected chi connectivity index (χ1v) is 8.35. The van der Waals surface area contributed by atoms with E-state index in [1.807, 2.05) is 0 Å². The first kappa shape index (κ1) is 17.2. The summed E-state index contributed by atoms with van der Waals surface area (Å²) in [5.74, 6) is -1.29. The molecule has 0 aliphatic carbocycles. The van der Waals surface area contributed by atoms with Gasteiger partial charge in [-0.1, -0.05) is 0 Å². The number of amides is 1. The summed E-state index contributed by atoms with van der Waals surface area (Å²) in [7, 11) is -3.31. The van der Waals surface area contributed by atoms with Gasteiger partial charge in [0, 0.05) is 24.4 Å². The van der Waals surface area contributed by atoms with E-state index in [1.165, 1.54) is 29.2 Å². The number of hydrogen-bond acceptors (Lipinski definition) is 4. The van der Waals surface area contributed by atoms with E-state index >= 15 is 0 Å². The Hall–Kier alpha value is -1.89. The Balaban J connectivity index is 2.96. The van der Waals surface area contributed by atoms with Crippen LogP contribution >= 0.6 is 0 Å². The van der Waals surface area contributed by atoms with Gasteiger partial charge in [-0.15, -0.1) is 0 Å². The second kappa shape index (κ2) is 6.71. The van der Waals surface area contributed by atoms with Crippen LogP contribution in [0.1, 0.15) is 30.6 Å². The number of carboxylic acids is 1. The highest BCUT2D eigenvalue weighted by atomic mass is 32.2. The zero-order valence-electron chi connectivity index (χ0n) is 12.2. The van der Waals surface area contributed by atoms with Crippen molar-refractivity contribution in [2.24, 2.45) is 0 Å². The van der Waals surface area contributed by atoms with Crippen molar-refractivity contribution in [3.63, 3.8) is 0 Å². The number of hydrogen-bond donors (Lipinski definition) is 1. The summed E-state index contributed by atoms with van der Waals surface area (Å²) in [4.78, 5) is 24.6. The molecule has 0 fully saturated rings. The molecule has 116 valence electrons. The van der Waals surface area contributed by atoms with Gasteiger partial charge in [0.1, 0.15) is 0 Å². The quantitative estimate of drug-likeness (QED) is 0.857. The highest BCUT2D eigenvalue weighted by molar-refractivity contribution is 7.90. The normalized spacial score (nSPS) is 11.4. The first-order valence-electron chi connectivity index (χ1n) is 6.46. The third-order valence-electron chi connectivity index (χ3n) is 2.98. The molecule has 0 bridgehead atoms. The van der Waals surface area contributed by atoms with Crippen LogP contribution < -0.4 is 0 Å². The zero-order chi connectivity index (χ0) is 16.2. The van der Waals surface area contributed by atoms with Crippen molar-refractivity contribution >= 4 is 21.7 Å². The highest BCUT2D eigenvalue weighted by Gasteiger charge is 2.20. The third-order valence-corrected chi connectivity index (χ3v) is 4.11. The molecule has 1 N–H and O–H groups in total. The van der Waals surface area contributed by atoms with Crippen molar-refractivity contribution < 1.29 is 23.1 Å². The van der Waals surface area contributed by atoms with Crippen molar-refractivity contribution in [1.29, 1.82) is 0 Å². The fraction of sp³-hybridized carbons (Fsp3) is 0.429. The molecule has 0 aliphatic rings. The Kier molecular flexibility index (Phi) is 5.48. The average Bonchev–Trinajstić information content (AvgIpc) is 2.37. The number of sulfone groups is 1. The molecule has 0 aliphatic heterocycles. The van der Waals surface area contributed by atoms with Gasteiger partial charge in [-0.05, 0) is 38.1 Å². The van der Waals surface area contributed by atoms with Crippen LogP contribution in [0.4, 0.5) is 0 Å². The maximum absolute atomic E-state index is 12.3. The molecule has 6 nitrogen and oxygen atoms in total. The van der Waals surface area contributed by atoms with E-state index < -0.39 is 15.8 Å². The van der Waals surface area contributed by atoms with Gasteiger partial charge in [0.2, 0.25) is 0 Å². The number of carbonyl (C=O) groups excluding carboxylic acids is 1. The number of carboxylic acid groups (broad SMARTS) is 1. The van der Waals surface area contributed by atoms with E-state index in [-0.39, 0.29) is 29.8 Å². The largest absolute Gasteiger partial charge is 0.481 e. The molecule has 21 heavy (non-hydrogen) atoms. The Labute approximate surface area is 124 Å². The Bertz CT molecular complexity index is 619. The molecule has 1 aromatic rings. The van der Waals surface area contributed by atoms with E-state index in [0.29, 0.717) is 5.56 Å². The van der Waals surface area contributed by atoms with Gasteiger partial charge in [-0.25, -0.2) is 8.42 Å². The molecule has 1 amide bonds. The lowest BCUT2D eigenvalue weighted by Gasteiger charge is -2.26. The van der Waals surface area contributed by atoms with E-state index in [0.717, 1.165) is 6.26 Å². The summed E-state index contributed by atoms with van der Waals surface area (Å²) in [5.41, 5.74) is 0.335. The first-order chi connectivity index (χ1) is 9.62. The van der Waals surface area contributed by atoms with Crippen LogP contribution in [0.5, 0.6) is 0 Å². The minimum atomic E-state index is -3.31. The number of rotatable bonds is 6. The SMILES string of the molecule is CC(C)N(CCC(=O)O)C(=O)c1ccc(S(C)(=O)=O)cc1. The molecule has 0 saturated heterocycles. The van der Waals surface area contributed by atoms with Gasteiger partial charge in [0.15, 0.2) is 9.84 Å². The molecule has 0 heterocycles. The zero-order valence-corrected chi connectivity index (χ0v) is 13.1.